The van der Waals surface area contributed by atoms with Gasteiger partial charge in [0.2, 0.25) is 0 Å². The third-order valence-corrected chi connectivity index (χ3v) is 5.34. The summed E-state index contributed by atoms with van der Waals surface area (Å²) in [5.41, 5.74) is 6.33. The van der Waals surface area contributed by atoms with Crippen molar-refractivity contribution in [2.75, 3.05) is 0 Å². The summed E-state index contributed by atoms with van der Waals surface area (Å²) in [6, 6.07) is 0.538. The number of carboxylic acid groups (broad SMARTS) is 2. The third kappa shape index (κ3) is 7.47. The lowest BCUT2D eigenvalue weighted by Gasteiger charge is -2.35. The van der Waals surface area contributed by atoms with Crippen molar-refractivity contribution in [2.45, 2.75) is 83.6 Å². The summed E-state index contributed by atoms with van der Waals surface area (Å²) in [5, 5.41) is 16.4. The zero-order valence-corrected chi connectivity index (χ0v) is 14.9. The molecule has 0 aromatic heterocycles. The van der Waals surface area contributed by atoms with Gasteiger partial charge < -0.3 is 15.9 Å². The summed E-state index contributed by atoms with van der Waals surface area (Å²) in [6.07, 6.45) is 15.2. The lowest BCUT2D eigenvalue weighted by Crippen LogP contribution is -2.39. The van der Waals surface area contributed by atoms with Crippen molar-refractivity contribution in [3.05, 3.63) is 11.6 Å². The van der Waals surface area contributed by atoms with Crippen molar-refractivity contribution in [2.24, 2.45) is 17.6 Å². The summed E-state index contributed by atoms with van der Waals surface area (Å²) in [4.78, 5) is 20.1. The molecule has 5 nitrogen and oxygen atoms in total. The topological polar surface area (TPSA) is 101 Å². The predicted octanol–water partition coefficient (Wildman–Crippen LogP) is 3.97. The van der Waals surface area contributed by atoms with Gasteiger partial charge in [0.1, 0.15) is 0 Å². The van der Waals surface area contributed by atoms with Gasteiger partial charge in [0.05, 0.1) is 0 Å². The fourth-order valence-electron chi connectivity index (χ4n) is 3.89. The Labute approximate surface area is 145 Å². The maximum Gasteiger partial charge on any atom is 0.331 e. The van der Waals surface area contributed by atoms with Gasteiger partial charge in [-0.25, -0.2) is 9.59 Å². The van der Waals surface area contributed by atoms with E-state index in [1.54, 1.807) is 6.92 Å². The second kappa shape index (κ2) is 11.2. The molecule has 0 spiro atoms. The van der Waals surface area contributed by atoms with Crippen LogP contribution in [0.1, 0.15) is 77.6 Å². The zero-order chi connectivity index (χ0) is 17.9. The molecule has 0 aromatic carbocycles. The van der Waals surface area contributed by atoms with E-state index in [0.29, 0.717) is 12.1 Å². The molecule has 0 radical (unpaired) electrons. The molecule has 5 heteroatoms. The number of carboxylic acids is 2. The standard InChI is InChI=1S/C13H25N.C6H8O4/c14-13(11-7-3-1-4-8-11)12-9-5-2-6-10-12;1-2-4(6(9)10)3-5(7)8/h11-13H,1-10,14H2;3H,2H2,1H3,(H,7,8)(H,9,10)/b;4-3-. The van der Waals surface area contributed by atoms with Gasteiger partial charge in [-0.2, -0.15) is 0 Å². The van der Waals surface area contributed by atoms with Gasteiger partial charge in [0.25, 0.3) is 0 Å². The number of nitrogens with two attached hydrogens (primary N) is 1. The quantitative estimate of drug-likeness (QED) is 0.658. The van der Waals surface area contributed by atoms with Crippen LogP contribution in [0.4, 0.5) is 0 Å². The first kappa shape index (κ1) is 20.7. The van der Waals surface area contributed by atoms with Gasteiger partial charge in [-0.05, 0) is 43.9 Å². The van der Waals surface area contributed by atoms with E-state index in [1.807, 2.05) is 0 Å². The lowest BCUT2D eigenvalue weighted by molar-refractivity contribution is -0.135. The molecular weight excluding hydrogens is 306 g/mol. The van der Waals surface area contributed by atoms with Crippen molar-refractivity contribution in [3.8, 4) is 0 Å². The van der Waals surface area contributed by atoms with Crippen molar-refractivity contribution in [1.29, 1.82) is 0 Å². The van der Waals surface area contributed by atoms with Crippen LogP contribution < -0.4 is 5.73 Å². The summed E-state index contributed by atoms with van der Waals surface area (Å²) in [7, 11) is 0. The van der Waals surface area contributed by atoms with Crippen LogP contribution in [0.15, 0.2) is 11.6 Å². The highest BCUT2D eigenvalue weighted by Crippen LogP contribution is 2.34. The predicted molar refractivity (Wildman–Crippen MR) is 94.8 cm³/mol. The molecule has 2 aliphatic rings. The molecule has 0 saturated heterocycles. The van der Waals surface area contributed by atoms with E-state index >= 15 is 0 Å². The summed E-state index contributed by atoms with van der Waals surface area (Å²) in [6.45, 7) is 1.59. The second-order valence-corrected chi connectivity index (χ2v) is 7.04. The molecule has 0 unspecified atom stereocenters. The minimum atomic E-state index is -1.22. The van der Waals surface area contributed by atoms with Crippen LogP contribution in [0, 0.1) is 11.8 Å². The van der Waals surface area contributed by atoms with Crippen LogP contribution in [0.2, 0.25) is 0 Å². The molecule has 2 rings (SSSR count). The molecule has 0 amide bonds. The molecule has 0 atom stereocenters. The molecule has 2 aliphatic carbocycles. The number of rotatable bonds is 5. The molecule has 0 bridgehead atoms. The smallest absolute Gasteiger partial charge is 0.331 e. The number of carbonyl (C=O) groups is 2. The van der Waals surface area contributed by atoms with Gasteiger partial charge in [-0.1, -0.05) is 45.4 Å². The van der Waals surface area contributed by atoms with E-state index in [2.05, 4.69) is 0 Å². The second-order valence-electron chi connectivity index (χ2n) is 7.04. The van der Waals surface area contributed by atoms with Crippen LogP contribution in [-0.2, 0) is 9.59 Å². The first-order chi connectivity index (χ1) is 11.5. The van der Waals surface area contributed by atoms with E-state index in [-0.39, 0.29) is 12.0 Å². The highest BCUT2D eigenvalue weighted by atomic mass is 16.4. The van der Waals surface area contributed by atoms with Crippen molar-refractivity contribution < 1.29 is 19.8 Å². The van der Waals surface area contributed by atoms with Crippen LogP contribution in [-0.4, -0.2) is 28.2 Å². The normalized spacial score (nSPS) is 20.4. The van der Waals surface area contributed by atoms with E-state index in [0.717, 1.165) is 11.8 Å². The van der Waals surface area contributed by atoms with E-state index in [9.17, 15) is 9.59 Å². The Hall–Kier alpha value is -1.36. The minimum absolute atomic E-state index is 0.0903. The monoisotopic (exact) mass is 339 g/mol. The summed E-state index contributed by atoms with van der Waals surface area (Å²) in [5.74, 6) is -0.664. The SMILES string of the molecule is CC/C(=C/C(=O)O)C(=O)O.NC(C1CCCCC1)C1CCCCC1. The van der Waals surface area contributed by atoms with Crippen LogP contribution in [0.3, 0.4) is 0 Å². The molecule has 0 heterocycles. The molecular formula is C19H33NO4. The molecule has 0 aromatic rings. The van der Waals surface area contributed by atoms with Gasteiger partial charge in [-0.3, -0.25) is 0 Å². The third-order valence-electron chi connectivity index (χ3n) is 5.34. The van der Waals surface area contributed by atoms with Gasteiger partial charge in [0.15, 0.2) is 0 Å². The van der Waals surface area contributed by atoms with E-state index in [4.69, 9.17) is 15.9 Å². The Morgan fingerprint density at radius 2 is 1.38 bits per heavy atom. The zero-order valence-electron chi connectivity index (χ0n) is 14.9. The van der Waals surface area contributed by atoms with Crippen molar-refractivity contribution in [1.82, 2.24) is 0 Å². The van der Waals surface area contributed by atoms with E-state index < -0.39 is 11.9 Å². The average Bonchev–Trinajstić information content (AvgIpc) is 2.60. The summed E-state index contributed by atoms with van der Waals surface area (Å²) < 4.78 is 0. The highest BCUT2D eigenvalue weighted by molar-refractivity contribution is 5.94. The first-order valence-corrected chi connectivity index (χ1v) is 9.38. The van der Waals surface area contributed by atoms with Gasteiger partial charge >= 0.3 is 11.9 Å². The van der Waals surface area contributed by atoms with Crippen molar-refractivity contribution in [3.63, 3.8) is 0 Å². The molecule has 24 heavy (non-hydrogen) atoms. The molecule has 0 aliphatic heterocycles. The van der Waals surface area contributed by atoms with Gasteiger partial charge in [0, 0.05) is 17.7 Å². The number of hydrogen-bond acceptors (Lipinski definition) is 3. The van der Waals surface area contributed by atoms with E-state index in [1.165, 1.54) is 64.2 Å². The van der Waals surface area contributed by atoms with Crippen LogP contribution in [0.5, 0.6) is 0 Å². The average molecular weight is 339 g/mol. The Morgan fingerprint density at radius 1 is 0.958 bits per heavy atom. The minimum Gasteiger partial charge on any atom is -0.478 e. The Kier molecular flexibility index (Phi) is 9.69. The largest absolute Gasteiger partial charge is 0.478 e. The maximum absolute atomic E-state index is 10.1. The Bertz CT molecular complexity index is 403. The molecule has 2 saturated carbocycles. The van der Waals surface area contributed by atoms with Crippen LogP contribution >= 0.6 is 0 Å². The number of aliphatic carboxylic acids is 2. The molecule has 2 fully saturated rings. The van der Waals surface area contributed by atoms with Crippen LogP contribution in [0.25, 0.3) is 0 Å². The van der Waals surface area contributed by atoms with Gasteiger partial charge in [-0.15, -0.1) is 0 Å². The fourth-order valence-corrected chi connectivity index (χ4v) is 3.89. The Balaban J connectivity index is 0.000000257. The first-order valence-electron chi connectivity index (χ1n) is 9.38. The Morgan fingerprint density at radius 3 is 1.62 bits per heavy atom. The molecule has 4 N–H and O–H groups in total. The number of hydrogen-bond donors (Lipinski definition) is 3. The fraction of sp³-hybridized carbons (Fsp3) is 0.789. The van der Waals surface area contributed by atoms with Crippen molar-refractivity contribution >= 4 is 11.9 Å². The maximum atomic E-state index is 10.1. The summed E-state index contributed by atoms with van der Waals surface area (Å²) >= 11 is 0. The highest BCUT2D eigenvalue weighted by Gasteiger charge is 2.28. The lowest BCUT2D eigenvalue weighted by atomic mass is 9.74. The molecule has 138 valence electrons.